The number of hydrogen-bond acceptors (Lipinski definition) is 3. The fourth-order valence-electron chi connectivity index (χ4n) is 2.90. The molecule has 6 heteroatoms. The molecular formula is C24H21Cl2NO3. The number of rotatable bonds is 8. The first-order chi connectivity index (χ1) is 14.4. The van der Waals surface area contributed by atoms with Crippen molar-refractivity contribution >= 4 is 40.6 Å². The molecule has 0 bridgehead atoms. The van der Waals surface area contributed by atoms with Gasteiger partial charge in [-0.3, -0.25) is 9.59 Å². The average molecular weight is 442 g/mol. The van der Waals surface area contributed by atoms with Crippen molar-refractivity contribution in [1.82, 2.24) is 0 Å². The number of ketones is 1. The minimum atomic E-state index is -0.199. The smallest absolute Gasteiger partial charge is 0.224 e. The third kappa shape index (κ3) is 5.85. The van der Waals surface area contributed by atoms with Crippen LogP contribution in [0.3, 0.4) is 0 Å². The number of carbonyl (C=O) groups is 2. The summed E-state index contributed by atoms with van der Waals surface area (Å²) in [4.78, 5) is 25.2. The van der Waals surface area contributed by atoms with Crippen molar-refractivity contribution in [3.63, 3.8) is 0 Å². The third-order valence-electron chi connectivity index (χ3n) is 4.48. The molecule has 3 rings (SSSR count). The molecule has 0 radical (unpaired) electrons. The van der Waals surface area contributed by atoms with Crippen LogP contribution in [-0.2, 0) is 4.79 Å². The van der Waals surface area contributed by atoms with Crippen LogP contribution >= 0.6 is 23.2 Å². The Kier molecular flexibility index (Phi) is 7.50. The molecule has 30 heavy (non-hydrogen) atoms. The number of nitrogens with one attached hydrogen (secondary N) is 1. The molecule has 0 spiro atoms. The molecule has 0 aliphatic carbocycles. The predicted molar refractivity (Wildman–Crippen MR) is 121 cm³/mol. The molecule has 0 aliphatic heterocycles. The third-order valence-corrected chi connectivity index (χ3v) is 5.14. The summed E-state index contributed by atoms with van der Waals surface area (Å²) in [5.41, 5.74) is 2.26. The molecule has 0 saturated heterocycles. The minimum absolute atomic E-state index is 0.199. The quantitative estimate of drug-likeness (QED) is 0.328. The van der Waals surface area contributed by atoms with E-state index in [0.717, 1.165) is 5.56 Å². The first kappa shape index (κ1) is 21.9. The molecule has 0 saturated carbocycles. The highest BCUT2D eigenvalue weighted by Gasteiger charge is 2.16. The summed E-state index contributed by atoms with van der Waals surface area (Å²) >= 11 is 12.1. The first-order valence-electron chi connectivity index (χ1n) is 9.52. The molecule has 154 valence electrons. The van der Waals surface area contributed by atoms with Gasteiger partial charge >= 0.3 is 0 Å². The zero-order chi connectivity index (χ0) is 21.5. The van der Waals surface area contributed by atoms with Crippen LogP contribution in [0.1, 0.15) is 34.3 Å². The molecular weight excluding hydrogens is 421 g/mol. The van der Waals surface area contributed by atoms with Crippen molar-refractivity contribution < 1.29 is 14.3 Å². The number of ether oxygens (including phenoxy) is 1. The summed E-state index contributed by atoms with van der Waals surface area (Å²) in [7, 11) is 0. The second kappa shape index (κ2) is 10.3. The lowest BCUT2D eigenvalue weighted by atomic mass is 10.0. The van der Waals surface area contributed by atoms with E-state index in [4.69, 9.17) is 27.9 Å². The maximum atomic E-state index is 12.8. The van der Waals surface area contributed by atoms with Gasteiger partial charge in [-0.05, 0) is 55.3 Å². The van der Waals surface area contributed by atoms with Gasteiger partial charge in [-0.25, -0.2) is 0 Å². The van der Waals surface area contributed by atoms with E-state index in [9.17, 15) is 9.59 Å². The van der Waals surface area contributed by atoms with Crippen LogP contribution in [0.5, 0.6) is 5.75 Å². The number of anilines is 1. The van der Waals surface area contributed by atoms with Crippen LogP contribution < -0.4 is 10.1 Å². The van der Waals surface area contributed by atoms with Gasteiger partial charge in [-0.2, -0.15) is 0 Å². The van der Waals surface area contributed by atoms with Crippen LogP contribution in [0.4, 0.5) is 5.69 Å². The van der Waals surface area contributed by atoms with Crippen molar-refractivity contribution in [3.8, 4) is 5.75 Å². The summed E-state index contributed by atoms with van der Waals surface area (Å²) in [5, 5.41) is 3.93. The fraction of sp³-hybridized carbons (Fsp3) is 0.167. The van der Waals surface area contributed by atoms with Gasteiger partial charge in [-0.15, -0.1) is 0 Å². The zero-order valence-electron chi connectivity index (χ0n) is 16.5. The Balaban J connectivity index is 1.58. The van der Waals surface area contributed by atoms with E-state index in [1.165, 1.54) is 0 Å². The Hall–Kier alpha value is -2.82. The lowest BCUT2D eigenvalue weighted by Gasteiger charge is -2.12. The van der Waals surface area contributed by atoms with Gasteiger partial charge in [-0.1, -0.05) is 53.5 Å². The molecule has 0 aromatic heterocycles. The van der Waals surface area contributed by atoms with E-state index in [1.54, 1.807) is 54.6 Å². The van der Waals surface area contributed by atoms with Crippen molar-refractivity contribution in [3.05, 3.63) is 93.5 Å². The Labute approximate surface area is 185 Å². The van der Waals surface area contributed by atoms with E-state index in [0.29, 0.717) is 45.6 Å². The molecule has 0 unspecified atom stereocenters. The van der Waals surface area contributed by atoms with Gasteiger partial charge < -0.3 is 10.1 Å². The Bertz CT molecular complexity index is 1050. The summed E-state index contributed by atoms with van der Waals surface area (Å²) in [6, 6.07) is 19.2. The zero-order valence-corrected chi connectivity index (χ0v) is 18.0. The standard InChI is InChI=1S/C24H21Cl2NO3/c1-16-14-19(10-11-21(16)26)30-13-5-8-23(28)27-22-12-9-18(25)15-20(22)24(29)17-6-3-2-4-7-17/h2-4,6-7,9-12,14-15H,5,8,13H2,1H3,(H,27,28). The van der Waals surface area contributed by atoms with Crippen molar-refractivity contribution in [2.24, 2.45) is 0 Å². The summed E-state index contributed by atoms with van der Waals surface area (Å²) < 4.78 is 5.67. The minimum Gasteiger partial charge on any atom is -0.494 e. The molecule has 3 aromatic rings. The maximum absolute atomic E-state index is 12.8. The van der Waals surface area contributed by atoms with Gasteiger partial charge in [0.05, 0.1) is 12.3 Å². The van der Waals surface area contributed by atoms with E-state index in [1.807, 2.05) is 19.1 Å². The van der Waals surface area contributed by atoms with Gasteiger partial charge in [0, 0.05) is 27.6 Å². The Morgan fingerprint density at radius 1 is 0.967 bits per heavy atom. The predicted octanol–water partition coefficient (Wildman–Crippen LogP) is 6.33. The molecule has 0 fully saturated rings. The van der Waals surface area contributed by atoms with Crippen LogP contribution in [0.15, 0.2) is 66.7 Å². The number of hydrogen-bond donors (Lipinski definition) is 1. The van der Waals surface area contributed by atoms with Crippen LogP contribution in [0, 0.1) is 6.92 Å². The van der Waals surface area contributed by atoms with Crippen LogP contribution in [0.25, 0.3) is 0 Å². The molecule has 1 N–H and O–H groups in total. The van der Waals surface area contributed by atoms with E-state index >= 15 is 0 Å². The van der Waals surface area contributed by atoms with Crippen LogP contribution in [0.2, 0.25) is 10.0 Å². The van der Waals surface area contributed by atoms with E-state index < -0.39 is 0 Å². The second-order valence-corrected chi connectivity index (χ2v) is 7.64. The number of halogens is 2. The average Bonchev–Trinajstić information content (AvgIpc) is 2.75. The number of carbonyl (C=O) groups excluding carboxylic acids is 2. The van der Waals surface area contributed by atoms with Gasteiger partial charge in [0.2, 0.25) is 5.91 Å². The highest BCUT2D eigenvalue weighted by Crippen LogP contribution is 2.24. The summed E-state index contributed by atoms with van der Waals surface area (Å²) in [5.74, 6) is 0.316. The van der Waals surface area contributed by atoms with Gasteiger partial charge in [0.25, 0.3) is 0 Å². The SMILES string of the molecule is Cc1cc(OCCCC(=O)Nc2ccc(Cl)cc2C(=O)c2ccccc2)ccc1Cl. The maximum Gasteiger partial charge on any atom is 0.224 e. The Morgan fingerprint density at radius 2 is 1.73 bits per heavy atom. The largest absolute Gasteiger partial charge is 0.494 e. The van der Waals surface area contributed by atoms with E-state index in [-0.39, 0.29) is 18.1 Å². The van der Waals surface area contributed by atoms with Crippen molar-refractivity contribution in [1.29, 1.82) is 0 Å². The highest BCUT2D eigenvalue weighted by molar-refractivity contribution is 6.31. The normalized spacial score (nSPS) is 10.5. The number of benzene rings is 3. The lowest BCUT2D eigenvalue weighted by Crippen LogP contribution is -2.16. The van der Waals surface area contributed by atoms with Crippen LogP contribution in [-0.4, -0.2) is 18.3 Å². The first-order valence-corrected chi connectivity index (χ1v) is 10.3. The molecule has 3 aromatic carbocycles. The molecule has 0 atom stereocenters. The van der Waals surface area contributed by atoms with Gasteiger partial charge in [0.15, 0.2) is 5.78 Å². The van der Waals surface area contributed by atoms with Gasteiger partial charge in [0.1, 0.15) is 5.75 Å². The van der Waals surface area contributed by atoms with Crippen molar-refractivity contribution in [2.75, 3.05) is 11.9 Å². The lowest BCUT2D eigenvalue weighted by molar-refractivity contribution is -0.116. The monoisotopic (exact) mass is 441 g/mol. The summed E-state index contributed by atoms with van der Waals surface area (Å²) in [6.07, 6.45) is 0.789. The number of amides is 1. The highest BCUT2D eigenvalue weighted by atomic mass is 35.5. The summed E-state index contributed by atoms with van der Waals surface area (Å²) in [6.45, 7) is 2.30. The number of aryl methyl sites for hydroxylation is 1. The molecule has 4 nitrogen and oxygen atoms in total. The molecule has 1 amide bonds. The molecule has 0 aliphatic rings. The topological polar surface area (TPSA) is 55.4 Å². The van der Waals surface area contributed by atoms with Crippen molar-refractivity contribution in [2.45, 2.75) is 19.8 Å². The second-order valence-electron chi connectivity index (χ2n) is 6.80. The van der Waals surface area contributed by atoms with E-state index in [2.05, 4.69) is 5.32 Å². The molecule has 0 heterocycles. The fourth-order valence-corrected chi connectivity index (χ4v) is 3.19. The Morgan fingerprint density at radius 3 is 2.47 bits per heavy atom.